The zero-order valence-electron chi connectivity index (χ0n) is 54.2. The summed E-state index contributed by atoms with van der Waals surface area (Å²) in [7, 11) is 1.46. The van der Waals surface area contributed by atoms with Crippen LogP contribution in [0.4, 0.5) is 101 Å². The van der Waals surface area contributed by atoms with Crippen molar-refractivity contribution in [3.8, 4) is 18.2 Å². The number of alkyl halides is 8. The van der Waals surface area contributed by atoms with Crippen LogP contribution in [0.15, 0.2) is 85.5 Å². The van der Waals surface area contributed by atoms with E-state index in [2.05, 4.69) is 61.7 Å². The molecule has 3 saturated heterocycles. The number of carbonyl (C=O) groups excluding carboxylic acids is 7. The van der Waals surface area contributed by atoms with Gasteiger partial charge in [0.15, 0.2) is 40.6 Å². The van der Waals surface area contributed by atoms with E-state index in [0.29, 0.717) is 86.2 Å². The molecule has 6 aliphatic heterocycles. The lowest BCUT2D eigenvalue weighted by Crippen LogP contribution is -2.48. The number of amides is 6. The molecule has 0 aromatic carbocycles. The van der Waals surface area contributed by atoms with Crippen LogP contribution < -0.4 is 50.1 Å². The number of hydrogen-bond acceptors (Lipinski definition) is 18. The number of anilines is 9. The van der Waals surface area contributed by atoms with Crippen molar-refractivity contribution in [2.45, 2.75) is 115 Å². The third-order valence-corrected chi connectivity index (χ3v) is 18.0. The average molecular weight is 1380 g/mol. The molecule has 4 fully saturated rings. The van der Waals surface area contributed by atoms with Gasteiger partial charge < -0.3 is 19.4 Å². The standard InChI is InChI=1S/C25H28F3N5O3.C22H20F3N5O2.C20H20F2N6O3/c1-14(2)10-20(34)16-6-8-29-22(12-16)31-24(36)33-17-7-9-32(13-17)19-5-4-18(30-23(19)33)21(35)11-15(3)25(26,27)28;1-3-14-6-8-26-19(11-14)28-21(32)30-15-7-9-29(12-15)17-5-4-16(27-20(17)30)18(31)10-13(2)22(23,24)25;1-31-17-7-16(23-10-24-17)26-19(30)28-12-4-5-27(9-12)14-3-2-13(25-18(14)28)15(29)6-11-8-20(11,21)22/h4-6,8,12,14-15,17H,7,9-11,13H2,1-3H3,(H,29,31,36);1,4-6,8,11,13,15H,7,9-10,12H2,2H3,(H,26,28,32);2-3,7,10-12H,4-6,8-9H2,1H3,(H,23,24,26,30)/t15-,17-;13-,15-;11-,12+/m001/s1. The number of Topliss-reactive ketones (excluding diaryl/α,β-unsaturated/α-hetero) is 4. The number of fused-ring (bicyclic) bond motifs is 12. The number of rotatable bonds is 16. The van der Waals surface area contributed by atoms with Gasteiger partial charge in [-0.05, 0) is 85.8 Å². The Morgan fingerprint density at radius 3 is 1.38 bits per heavy atom. The molecule has 520 valence electrons. The molecule has 99 heavy (non-hydrogen) atoms. The van der Waals surface area contributed by atoms with Gasteiger partial charge in [-0.25, -0.2) is 58.1 Å². The van der Waals surface area contributed by atoms with Crippen molar-refractivity contribution in [3.63, 3.8) is 0 Å². The van der Waals surface area contributed by atoms with Crippen molar-refractivity contribution in [1.29, 1.82) is 0 Å². The lowest BCUT2D eigenvalue weighted by Gasteiger charge is -2.35. The highest BCUT2D eigenvalue weighted by Crippen LogP contribution is 2.51. The van der Waals surface area contributed by atoms with E-state index in [1.54, 1.807) is 42.5 Å². The normalized spacial score (nSPS) is 19.4. The van der Waals surface area contributed by atoms with Gasteiger partial charge in [0.05, 0.1) is 54.1 Å². The van der Waals surface area contributed by atoms with E-state index in [1.165, 1.54) is 64.8 Å². The summed E-state index contributed by atoms with van der Waals surface area (Å²) >= 11 is 0. The highest BCUT2D eigenvalue weighted by Gasteiger charge is 2.57. The summed E-state index contributed by atoms with van der Waals surface area (Å²) in [5, 5.41) is 8.14. The molecule has 1 saturated carbocycles. The molecule has 24 nitrogen and oxygen atoms in total. The van der Waals surface area contributed by atoms with Crippen LogP contribution in [0.5, 0.6) is 5.88 Å². The Hall–Kier alpha value is -10.5. The minimum Gasteiger partial charge on any atom is -0.481 e. The predicted molar refractivity (Wildman–Crippen MR) is 348 cm³/mol. The Labute approximate surface area is 562 Å². The van der Waals surface area contributed by atoms with E-state index in [-0.39, 0.29) is 88.8 Å². The molecule has 13 rings (SSSR count). The van der Waals surface area contributed by atoms with Crippen molar-refractivity contribution >= 4 is 93.2 Å². The highest BCUT2D eigenvalue weighted by molar-refractivity contribution is 6.08. The molecule has 0 spiro atoms. The smallest absolute Gasteiger partial charge is 0.391 e. The van der Waals surface area contributed by atoms with Crippen LogP contribution in [0.25, 0.3) is 0 Å². The summed E-state index contributed by atoms with van der Waals surface area (Å²) in [6.45, 7) is 9.74. The fraction of sp³-hybridized carbons (Fsp3) is 0.433. The molecule has 6 amide bonds. The van der Waals surface area contributed by atoms with Gasteiger partial charge in [0, 0.05) is 107 Å². The van der Waals surface area contributed by atoms with Crippen LogP contribution in [-0.4, -0.2) is 159 Å². The summed E-state index contributed by atoms with van der Waals surface area (Å²) < 4.78 is 109. The number of pyridine rings is 5. The second kappa shape index (κ2) is 28.2. The molecular weight excluding hydrogens is 1310 g/mol. The highest BCUT2D eigenvalue weighted by atomic mass is 19.4. The van der Waals surface area contributed by atoms with E-state index in [9.17, 15) is 68.7 Å². The number of hydrogen-bond donors (Lipinski definition) is 3. The fourth-order valence-electron chi connectivity index (χ4n) is 12.5. The van der Waals surface area contributed by atoms with Gasteiger partial charge in [-0.1, -0.05) is 33.6 Å². The number of terminal acetylenes is 1. The first kappa shape index (κ1) is 69.9. The number of aromatic nitrogens is 7. The molecular formula is C67H68F8N16O8. The van der Waals surface area contributed by atoms with Gasteiger partial charge in [0.25, 0.3) is 5.92 Å². The van der Waals surface area contributed by atoms with E-state index < -0.39 is 84.3 Å². The third-order valence-electron chi connectivity index (χ3n) is 18.0. The SMILES string of the molecule is C#Cc1ccnc(NC(=O)N2c3nc(C(=O)C[C@H](C)C(F)(F)F)ccc3N3CC[C@H]2C3)c1.CC(C)CC(=O)c1ccnc(NC(=O)N2c3nc(C(=O)C[C@H](C)C(F)(F)F)ccc3N3CC[C@H]2C3)c1.COc1cc(NC(=O)N2c3nc(C(=O)C[C@@H]4CC4(F)F)ccc3N3CC[C@H]2C3)ncn1. The van der Waals surface area contributed by atoms with Gasteiger partial charge in [0.1, 0.15) is 40.9 Å². The Kier molecular flexibility index (Phi) is 19.9. The largest absolute Gasteiger partial charge is 0.481 e. The first-order chi connectivity index (χ1) is 47.0. The number of urea groups is 3. The molecule has 3 N–H and O–H groups in total. The third kappa shape index (κ3) is 15.6. The maximum Gasteiger partial charge on any atom is 0.391 e. The topological polar surface area (TPSA) is 274 Å². The molecule has 7 aliphatic rings. The molecule has 1 aliphatic carbocycles. The number of methoxy groups -OCH3 is 1. The van der Waals surface area contributed by atoms with Gasteiger partial charge in [-0.2, -0.15) is 26.3 Å². The Morgan fingerprint density at radius 2 is 0.980 bits per heavy atom. The fourth-order valence-corrected chi connectivity index (χ4v) is 12.5. The number of nitrogens with one attached hydrogen (secondary N) is 3. The van der Waals surface area contributed by atoms with Gasteiger partial charge in [0.2, 0.25) is 5.88 Å². The van der Waals surface area contributed by atoms with E-state index in [4.69, 9.17) is 11.2 Å². The summed E-state index contributed by atoms with van der Waals surface area (Å²) in [5.74, 6) is -4.77. The lowest BCUT2D eigenvalue weighted by atomic mass is 10.0. The zero-order valence-corrected chi connectivity index (χ0v) is 54.2. The molecule has 6 aromatic rings. The molecule has 12 heterocycles. The Balaban J connectivity index is 0.000000150. The molecule has 0 radical (unpaired) electrons. The first-order valence-corrected chi connectivity index (χ1v) is 31.9. The number of halogens is 8. The maximum atomic E-state index is 13.4. The molecule has 6 aromatic heterocycles. The van der Waals surface area contributed by atoms with Crippen molar-refractivity contribution < 1.29 is 73.4 Å². The van der Waals surface area contributed by atoms with Crippen molar-refractivity contribution in [1.82, 2.24) is 34.9 Å². The van der Waals surface area contributed by atoms with Crippen molar-refractivity contribution in [2.75, 3.05) is 91.7 Å². The first-order valence-electron chi connectivity index (χ1n) is 31.9. The minimum absolute atomic E-state index is 0.0597. The number of carbonyl (C=O) groups is 7. The number of ether oxygens (including phenoxy) is 1. The maximum absolute atomic E-state index is 13.4. The zero-order chi connectivity index (χ0) is 71.0. The van der Waals surface area contributed by atoms with Gasteiger partial charge >= 0.3 is 30.4 Å². The summed E-state index contributed by atoms with van der Waals surface area (Å²) in [5.41, 5.74) is 2.86. The van der Waals surface area contributed by atoms with Crippen LogP contribution >= 0.6 is 0 Å². The van der Waals surface area contributed by atoms with E-state index in [1.807, 2.05) is 23.6 Å². The molecule has 6 atom stereocenters. The monoisotopic (exact) mass is 1380 g/mol. The van der Waals surface area contributed by atoms with E-state index in [0.717, 1.165) is 32.5 Å². The quantitative estimate of drug-likeness (QED) is 0.0461. The summed E-state index contributed by atoms with van der Waals surface area (Å²) in [6, 6.07) is 15.1. The van der Waals surface area contributed by atoms with Crippen molar-refractivity contribution in [2.24, 2.45) is 23.7 Å². The Bertz CT molecular complexity index is 4190. The van der Waals surface area contributed by atoms with Crippen LogP contribution in [0.1, 0.15) is 126 Å². The Morgan fingerprint density at radius 1 is 0.566 bits per heavy atom. The minimum atomic E-state index is -4.49. The molecule has 6 bridgehead atoms. The number of ketones is 4. The van der Waals surface area contributed by atoms with Crippen molar-refractivity contribution in [3.05, 3.63) is 114 Å². The summed E-state index contributed by atoms with van der Waals surface area (Å²) in [6.07, 6.45) is 1.14. The number of nitrogens with zero attached hydrogens (tertiary/aromatic N) is 13. The van der Waals surface area contributed by atoms with Crippen LogP contribution in [0.3, 0.4) is 0 Å². The molecule has 0 unspecified atom stereocenters. The summed E-state index contributed by atoms with van der Waals surface area (Å²) in [4.78, 5) is 130. The van der Waals surface area contributed by atoms with Gasteiger partial charge in [-0.3, -0.25) is 49.8 Å². The van der Waals surface area contributed by atoms with Crippen LogP contribution in [0.2, 0.25) is 0 Å². The molecule has 32 heteroatoms. The van der Waals surface area contributed by atoms with Gasteiger partial charge in [-0.15, -0.1) is 6.42 Å². The van der Waals surface area contributed by atoms with Crippen LogP contribution in [-0.2, 0) is 0 Å². The second-order valence-corrected chi connectivity index (χ2v) is 25.6. The van der Waals surface area contributed by atoms with Crippen LogP contribution in [0, 0.1) is 36.0 Å². The average Bonchev–Trinajstić information content (AvgIpc) is 1.70. The predicted octanol–water partition coefficient (Wildman–Crippen LogP) is 11.7. The van der Waals surface area contributed by atoms with E-state index >= 15 is 0 Å². The lowest BCUT2D eigenvalue weighted by molar-refractivity contribution is -0.169. The second-order valence-electron chi connectivity index (χ2n) is 25.6.